The summed E-state index contributed by atoms with van der Waals surface area (Å²) in [6.45, 7) is 16.7. The molecule has 33 heavy (non-hydrogen) atoms. The van der Waals surface area contributed by atoms with Crippen LogP contribution >= 0.6 is 0 Å². The number of fused-ring (bicyclic) bond motifs is 7. The lowest BCUT2D eigenvalue weighted by molar-refractivity contribution is -0.191. The first-order valence-electron chi connectivity index (χ1n) is 13.5. The minimum Gasteiger partial charge on any atom is -0.481 e. The molecule has 5 aliphatic rings. The van der Waals surface area contributed by atoms with Crippen molar-refractivity contribution in [3.05, 3.63) is 23.8 Å². The van der Waals surface area contributed by atoms with Gasteiger partial charge in [-0.05, 0) is 84.9 Å². The van der Waals surface area contributed by atoms with Gasteiger partial charge in [-0.15, -0.1) is 0 Å². The molecule has 0 aromatic carbocycles. The average molecular weight is 455 g/mol. The van der Waals surface area contributed by atoms with Crippen molar-refractivity contribution >= 4 is 5.97 Å². The molecule has 2 N–H and O–H groups in total. The minimum atomic E-state index is -0.734. The third-order valence-corrected chi connectivity index (χ3v) is 12.5. The largest absolute Gasteiger partial charge is 0.481 e. The fourth-order valence-corrected chi connectivity index (χ4v) is 10.1. The molecule has 0 amide bonds. The maximum absolute atomic E-state index is 12.7. The molecule has 0 heterocycles. The topological polar surface area (TPSA) is 57.5 Å². The molecule has 3 saturated carbocycles. The third-order valence-electron chi connectivity index (χ3n) is 12.5. The van der Waals surface area contributed by atoms with E-state index in [0.717, 1.165) is 51.4 Å². The van der Waals surface area contributed by atoms with E-state index in [0.29, 0.717) is 11.8 Å². The van der Waals surface area contributed by atoms with E-state index in [1.54, 1.807) is 0 Å². The van der Waals surface area contributed by atoms with E-state index in [9.17, 15) is 15.0 Å². The van der Waals surface area contributed by atoms with Crippen LogP contribution in [0.3, 0.4) is 0 Å². The first-order chi connectivity index (χ1) is 15.1. The Balaban J connectivity index is 1.62. The second kappa shape index (κ2) is 6.77. The van der Waals surface area contributed by atoms with Crippen LogP contribution in [-0.4, -0.2) is 22.3 Å². The summed E-state index contributed by atoms with van der Waals surface area (Å²) in [6, 6.07) is 0. The molecule has 0 unspecified atom stereocenters. The monoisotopic (exact) mass is 454 g/mol. The van der Waals surface area contributed by atoms with Gasteiger partial charge in [-0.25, -0.2) is 0 Å². The molecule has 0 saturated heterocycles. The van der Waals surface area contributed by atoms with Crippen LogP contribution in [0, 0.1) is 50.2 Å². The number of hydrogen-bond acceptors (Lipinski definition) is 2. The molecule has 0 aromatic rings. The zero-order valence-electron chi connectivity index (χ0n) is 22.0. The lowest BCUT2D eigenvalue weighted by Gasteiger charge is -2.70. The lowest BCUT2D eigenvalue weighted by Crippen LogP contribution is -2.64. The Kier molecular flexibility index (Phi) is 4.85. The van der Waals surface area contributed by atoms with Crippen molar-refractivity contribution < 1.29 is 15.0 Å². The summed E-state index contributed by atoms with van der Waals surface area (Å²) in [4.78, 5) is 12.7. The maximum Gasteiger partial charge on any atom is 0.314 e. The molecule has 0 aromatic heterocycles. The zero-order chi connectivity index (χ0) is 24.2. The van der Waals surface area contributed by atoms with Crippen molar-refractivity contribution in [2.24, 2.45) is 50.2 Å². The van der Waals surface area contributed by atoms with Gasteiger partial charge in [-0.1, -0.05) is 72.3 Å². The molecule has 0 aliphatic heterocycles. The fourth-order valence-electron chi connectivity index (χ4n) is 10.1. The average Bonchev–Trinajstić information content (AvgIpc) is 2.71. The molecular formula is C30H46O3. The molecule has 0 spiro atoms. The van der Waals surface area contributed by atoms with E-state index in [4.69, 9.17) is 0 Å². The van der Waals surface area contributed by atoms with Gasteiger partial charge < -0.3 is 10.2 Å². The Hall–Kier alpha value is -1.09. The van der Waals surface area contributed by atoms with Gasteiger partial charge in [-0.2, -0.15) is 0 Å². The van der Waals surface area contributed by atoms with E-state index < -0.39 is 11.4 Å². The SMILES string of the molecule is CC1(C)CC[C@]2(C(=O)O)C=C[C@]3(C)C(=CC[C@@H]4[C@@]5(C)CC[C@H](O)C(C)(C)[C@@H]5CC[C@]43C)[C@@H]2C1. The summed E-state index contributed by atoms with van der Waals surface area (Å²) in [5.74, 6) is 0.558. The number of allylic oxidation sites excluding steroid dienone is 3. The molecule has 3 nitrogen and oxygen atoms in total. The molecular weight excluding hydrogens is 408 g/mol. The Bertz CT molecular complexity index is 927. The molecule has 0 radical (unpaired) electrons. The zero-order valence-corrected chi connectivity index (χ0v) is 22.0. The van der Waals surface area contributed by atoms with Crippen molar-refractivity contribution in [3.8, 4) is 0 Å². The first-order valence-corrected chi connectivity index (χ1v) is 13.5. The smallest absolute Gasteiger partial charge is 0.314 e. The highest BCUT2D eigenvalue weighted by Gasteiger charge is 2.68. The van der Waals surface area contributed by atoms with Gasteiger partial charge in [0.05, 0.1) is 11.5 Å². The minimum absolute atomic E-state index is 0.0481. The summed E-state index contributed by atoms with van der Waals surface area (Å²) >= 11 is 0. The van der Waals surface area contributed by atoms with Crippen LogP contribution in [-0.2, 0) is 4.79 Å². The van der Waals surface area contributed by atoms with Crippen LogP contribution in [0.15, 0.2) is 23.8 Å². The number of aliphatic hydroxyl groups is 1. The van der Waals surface area contributed by atoms with E-state index in [-0.39, 0.29) is 39.1 Å². The highest BCUT2D eigenvalue weighted by Crippen LogP contribution is 2.74. The van der Waals surface area contributed by atoms with Crippen LogP contribution in [0.4, 0.5) is 0 Å². The highest BCUT2D eigenvalue weighted by atomic mass is 16.4. The second-order valence-electron chi connectivity index (χ2n) is 14.6. The molecule has 5 rings (SSSR count). The number of carboxylic acid groups (broad SMARTS) is 1. The van der Waals surface area contributed by atoms with Crippen molar-refractivity contribution in [3.63, 3.8) is 0 Å². The predicted molar refractivity (Wildman–Crippen MR) is 133 cm³/mol. The summed E-state index contributed by atoms with van der Waals surface area (Å²) in [7, 11) is 0. The number of carbonyl (C=O) groups is 1. The molecule has 184 valence electrons. The van der Waals surface area contributed by atoms with Crippen LogP contribution in [0.25, 0.3) is 0 Å². The summed E-state index contributed by atoms with van der Waals surface area (Å²) in [6.07, 6.45) is 14.8. The Morgan fingerprint density at radius 2 is 1.61 bits per heavy atom. The molecule has 3 fully saturated rings. The predicted octanol–water partition coefficient (Wildman–Crippen LogP) is 7.01. The van der Waals surface area contributed by atoms with Gasteiger partial charge in [0.25, 0.3) is 0 Å². The van der Waals surface area contributed by atoms with Gasteiger partial charge in [0.15, 0.2) is 0 Å². The number of aliphatic carboxylic acids is 1. The first kappa shape index (κ1) is 23.6. The van der Waals surface area contributed by atoms with E-state index in [1.807, 2.05) is 0 Å². The van der Waals surface area contributed by atoms with Crippen LogP contribution < -0.4 is 0 Å². The van der Waals surface area contributed by atoms with Crippen LogP contribution in [0.5, 0.6) is 0 Å². The summed E-state index contributed by atoms with van der Waals surface area (Å²) in [5, 5.41) is 21.3. The number of rotatable bonds is 1. The molecule has 3 heteroatoms. The number of aliphatic hydroxyl groups excluding tert-OH is 1. The molecule has 0 bridgehead atoms. The van der Waals surface area contributed by atoms with Gasteiger partial charge in [0, 0.05) is 11.3 Å². The second-order valence-corrected chi connectivity index (χ2v) is 14.6. The van der Waals surface area contributed by atoms with E-state index in [1.165, 1.54) is 5.57 Å². The molecule has 8 atom stereocenters. The van der Waals surface area contributed by atoms with Crippen molar-refractivity contribution in [1.29, 1.82) is 0 Å². The van der Waals surface area contributed by atoms with Crippen LogP contribution in [0.2, 0.25) is 0 Å². The standard InChI is InChI=1S/C30H46O3/c1-25(2)14-16-30(24(32)33)17-15-28(6)19(20(30)18-25)8-9-22-27(5)12-11-23(31)26(3,4)21(27)10-13-29(22,28)7/h8,15,17,20-23,31H,9-14,16,18H2,1-7H3,(H,32,33)/t20-,21-,22+,23-,27-,28+,29+,30-/m0/s1. The van der Waals surface area contributed by atoms with Gasteiger partial charge in [0.1, 0.15) is 0 Å². The lowest BCUT2D eigenvalue weighted by atomic mass is 9.34. The Morgan fingerprint density at radius 3 is 2.27 bits per heavy atom. The number of carboxylic acids is 1. The Morgan fingerprint density at radius 1 is 0.909 bits per heavy atom. The quantitative estimate of drug-likeness (QED) is 0.419. The van der Waals surface area contributed by atoms with Gasteiger partial charge in [-0.3, -0.25) is 4.79 Å². The maximum atomic E-state index is 12.7. The van der Waals surface area contributed by atoms with Crippen molar-refractivity contribution in [2.75, 3.05) is 0 Å². The van der Waals surface area contributed by atoms with E-state index >= 15 is 0 Å². The van der Waals surface area contributed by atoms with Crippen molar-refractivity contribution in [2.45, 2.75) is 106 Å². The third kappa shape index (κ3) is 2.81. The van der Waals surface area contributed by atoms with Gasteiger partial charge in [0.2, 0.25) is 0 Å². The van der Waals surface area contributed by atoms with Crippen molar-refractivity contribution in [1.82, 2.24) is 0 Å². The van der Waals surface area contributed by atoms with Crippen LogP contribution in [0.1, 0.15) is 99.8 Å². The highest BCUT2D eigenvalue weighted by molar-refractivity contribution is 5.79. The summed E-state index contributed by atoms with van der Waals surface area (Å²) in [5.41, 5.74) is 1.06. The van der Waals surface area contributed by atoms with Gasteiger partial charge >= 0.3 is 5.97 Å². The fraction of sp³-hybridized carbons (Fsp3) is 0.833. The number of hydrogen-bond donors (Lipinski definition) is 2. The Labute approximate surface area is 201 Å². The van der Waals surface area contributed by atoms with E-state index in [2.05, 4.69) is 66.7 Å². The normalized spacial score (nSPS) is 51.9. The summed E-state index contributed by atoms with van der Waals surface area (Å²) < 4.78 is 0. The molecule has 5 aliphatic carbocycles.